The molecule has 2 amide bonds. The van der Waals surface area contributed by atoms with Crippen molar-refractivity contribution in [2.45, 2.75) is 0 Å². The van der Waals surface area contributed by atoms with E-state index in [1.54, 1.807) is 0 Å². The maximum absolute atomic E-state index is 11.2. The minimum absolute atomic E-state index is 0.144. The molecule has 0 unspecified atom stereocenters. The van der Waals surface area contributed by atoms with E-state index in [0.717, 1.165) is 0 Å². The Kier molecular flexibility index (Phi) is 3.28. The van der Waals surface area contributed by atoms with Crippen molar-refractivity contribution in [1.82, 2.24) is 10.6 Å². The predicted octanol–water partition coefficient (Wildman–Crippen LogP) is 0.111. The van der Waals surface area contributed by atoms with Crippen LogP contribution in [0.1, 0.15) is 20.7 Å². The highest BCUT2D eigenvalue weighted by molar-refractivity contribution is 5.99. The molecular formula is C10H12N2O3. The molecule has 5 heteroatoms. The van der Waals surface area contributed by atoms with Crippen molar-refractivity contribution in [3.05, 3.63) is 29.3 Å². The van der Waals surface area contributed by atoms with Crippen LogP contribution in [0.3, 0.4) is 0 Å². The molecule has 0 spiro atoms. The summed E-state index contributed by atoms with van der Waals surface area (Å²) in [7, 11) is 2.96. The molecule has 5 nitrogen and oxygen atoms in total. The van der Waals surface area contributed by atoms with Crippen LogP contribution in [0.2, 0.25) is 0 Å². The van der Waals surface area contributed by atoms with Crippen molar-refractivity contribution >= 4 is 11.8 Å². The molecule has 0 heterocycles. The third-order valence-electron chi connectivity index (χ3n) is 1.96. The van der Waals surface area contributed by atoms with Crippen molar-refractivity contribution in [1.29, 1.82) is 0 Å². The van der Waals surface area contributed by atoms with E-state index in [2.05, 4.69) is 10.6 Å². The number of hydrogen-bond donors (Lipinski definition) is 3. The van der Waals surface area contributed by atoms with Crippen LogP contribution in [0.4, 0.5) is 0 Å². The molecule has 0 radical (unpaired) electrons. The predicted molar refractivity (Wildman–Crippen MR) is 54.9 cm³/mol. The molecule has 1 rings (SSSR count). The summed E-state index contributed by atoms with van der Waals surface area (Å²) in [6, 6.07) is 4.13. The molecule has 0 fully saturated rings. The Morgan fingerprint density at radius 2 is 1.73 bits per heavy atom. The Morgan fingerprint density at radius 1 is 1.13 bits per heavy atom. The summed E-state index contributed by atoms with van der Waals surface area (Å²) in [5, 5.41) is 14.3. The molecule has 0 aliphatic rings. The van der Waals surface area contributed by atoms with Gasteiger partial charge < -0.3 is 15.7 Å². The number of carbonyl (C=O) groups is 2. The van der Waals surface area contributed by atoms with Gasteiger partial charge in [-0.15, -0.1) is 0 Å². The van der Waals surface area contributed by atoms with Crippen LogP contribution in [0.15, 0.2) is 18.2 Å². The van der Waals surface area contributed by atoms with E-state index in [1.165, 1.54) is 32.3 Å². The second kappa shape index (κ2) is 4.45. The van der Waals surface area contributed by atoms with E-state index in [1.807, 2.05) is 0 Å². The summed E-state index contributed by atoms with van der Waals surface area (Å²) in [6.07, 6.45) is 0. The third kappa shape index (κ3) is 2.25. The van der Waals surface area contributed by atoms with E-state index in [4.69, 9.17) is 0 Å². The van der Waals surface area contributed by atoms with Crippen molar-refractivity contribution in [3.8, 4) is 5.75 Å². The van der Waals surface area contributed by atoms with Gasteiger partial charge >= 0.3 is 0 Å². The van der Waals surface area contributed by atoms with E-state index in [-0.39, 0.29) is 17.2 Å². The van der Waals surface area contributed by atoms with E-state index >= 15 is 0 Å². The molecule has 0 aliphatic carbocycles. The Hall–Kier alpha value is -2.04. The number of phenolic OH excluding ortho intramolecular Hbond substituents is 1. The highest BCUT2D eigenvalue weighted by Crippen LogP contribution is 2.18. The van der Waals surface area contributed by atoms with Crippen LogP contribution in [-0.4, -0.2) is 31.0 Å². The molecule has 0 atom stereocenters. The fourth-order valence-corrected chi connectivity index (χ4v) is 1.14. The Balaban J connectivity index is 3.08. The highest BCUT2D eigenvalue weighted by Gasteiger charge is 2.12. The van der Waals surface area contributed by atoms with E-state index < -0.39 is 5.91 Å². The molecule has 0 bridgehead atoms. The molecule has 15 heavy (non-hydrogen) atoms. The molecule has 1 aromatic rings. The topological polar surface area (TPSA) is 78.4 Å². The first-order valence-electron chi connectivity index (χ1n) is 4.37. The minimum Gasteiger partial charge on any atom is -0.507 e. The lowest BCUT2D eigenvalue weighted by Gasteiger charge is -2.05. The minimum atomic E-state index is -0.393. The molecule has 0 aromatic heterocycles. The second-order valence-corrected chi connectivity index (χ2v) is 2.89. The zero-order valence-corrected chi connectivity index (χ0v) is 8.50. The van der Waals surface area contributed by atoms with Gasteiger partial charge in [-0.25, -0.2) is 0 Å². The maximum atomic E-state index is 11.2. The van der Waals surface area contributed by atoms with Gasteiger partial charge in [-0.3, -0.25) is 9.59 Å². The Labute approximate surface area is 87.1 Å². The van der Waals surface area contributed by atoms with Gasteiger partial charge in [-0.2, -0.15) is 0 Å². The van der Waals surface area contributed by atoms with Gasteiger partial charge in [-0.05, 0) is 18.2 Å². The fourth-order valence-electron chi connectivity index (χ4n) is 1.14. The molecule has 3 N–H and O–H groups in total. The molecule has 0 saturated heterocycles. The summed E-state index contributed by atoms with van der Waals surface area (Å²) >= 11 is 0. The summed E-state index contributed by atoms with van der Waals surface area (Å²) in [5.74, 6) is -0.917. The number of rotatable bonds is 2. The van der Waals surface area contributed by atoms with Crippen LogP contribution in [0.25, 0.3) is 0 Å². The quantitative estimate of drug-likeness (QED) is 0.645. The monoisotopic (exact) mass is 208 g/mol. The van der Waals surface area contributed by atoms with Crippen molar-refractivity contribution in [3.63, 3.8) is 0 Å². The number of nitrogens with one attached hydrogen (secondary N) is 2. The normalized spacial score (nSPS) is 9.47. The van der Waals surface area contributed by atoms with Crippen LogP contribution in [0, 0.1) is 0 Å². The summed E-state index contributed by atoms with van der Waals surface area (Å²) in [6.45, 7) is 0. The first-order valence-corrected chi connectivity index (χ1v) is 4.37. The van der Waals surface area contributed by atoms with Gasteiger partial charge in [0.05, 0.1) is 5.56 Å². The molecule has 1 aromatic carbocycles. The largest absolute Gasteiger partial charge is 0.507 e. The summed E-state index contributed by atoms with van der Waals surface area (Å²) < 4.78 is 0. The molecule has 80 valence electrons. The Morgan fingerprint density at radius 3 is 2.20 bits per heavy atom. The van der Waals surface area contributed by atoms with Crippen LogP contribution in [0.5, 0.6) is 5.75 Å². The number of hydrogen-bond acceptors (Lipinski definition) is 3. The number of amides is 2. The highest BCUT2D eigenvalue weighted by atomic mass is 16.3. The van der Waals surface area contributed by atoms with Crippen LogP contribution >= 0.6 is 0 Å². The summed E-state index contributed by atoms with van der Waals surface area (Å²) in [4.78, 5) is 22.4. The van der Waals surface area contributed by atoms with E-state index in [0.29, 0.717) is 5.56 Å². The van der Waals surface area contributed by atoms with Crippen LogP contribution < -0.4 is 10.6 Å². The summed E-state index contributed by atoms with van der Waals surface area (Å²) in [5.41, 5.74) is 0.452. The lowest BCUT2D eigenvalue weighted by atomic mass is 10.1. The first-order chi connectivity index (χ1) is 7.10. The fraction of sp³-hybridized carbons (Fsp3) is 0.200. The number of benzene rings is 1. The average Bonchev–Trinajstić information content (AvgIpc) is 2.26. The molecule has 0 saturated carbocycles. The molecular weight excluding hydrogens is 196 g/mol. The zero-order chi connectivity index (χ0) is 11.4. The van der Waals surface area contributed by atoms with Gasteiger partial charge in [0, 0.05) is 19.7 Å². The third-order valence-corrected chi connectivity index (χ3v) is 1.96. The van der Waals surface area contributed by atoms with Crippen LogP contribution in [-0.2, 0) is 0 Å². The Bertz CT molecular complexity index is 402. The van der Waals surface area contributed by atoms with Gasteiger partial charge in [0.2, 0.25) is 0 Å². The smallest absolute Gasteiger partial charge is 0.254 e. The lowest BCUT2D eigenvalue weighted by molar-refractivity contribution is 0.0948. The standard InChI is InChI=1S/C10H12N2O3/c1-11-9(14)6-3-4-7(8(13)5-6)10(15)12-2/h3-5,13H,1-2H3,(H,11,14)(H,12,15). The van der Waals surface area contributed by atoms with Crippen molar-refractivity contribution in [2.75, 3.05) is 14.1 Å². The zero-order valence-electron chi connectivity index (χ0n) is 8.50. The average molecular weight is 208 g/mol. The van der Waals surface area contributed by atoms with Crippen molar-refractivity contribution < 1.29 is 14.7 Å². The number of phenols is 1. The second-order valence-electron chi connectivity index (χ2n) is 2.89. The van der Waals surface area contributed by atoms with E-state index in [9.17, 15) is 14.7 Å². The lowest BCUT2D eigenvalue weighted by Crippen LogP contribution is -2.20. The van der Waals surface area contributed by atoms with Gasteiger partial charge in [-0.1, -0.05) is 0 Å². The van der Waals surface area contributed by atoms with Crippen molar-refractivity contribution in [2.24, 2.45) is 0 Å². The molecule has 0 aliphatic heterocycles. The van der Waals surface area contributed by atoms with Gasteiger partial charge in [0.15, 0.2) is 0 Å². The SMILES string of the molecule is CNC(=O)c1ccc(C(=O)NC)c(O)c1. The first kappa shape index (κ1) is 11.0. The maximum Gasteiger partial charge on any atom is 0.254 e. The van der Waals surface area contributed by atoms with Gasteiger partial charge in [0.25, 0.3) is 11.8 Å². The number of aromatic hydroxyl groups is 1. The van der Waals surface area contributed by atoms with Gasteiger partial charge in [0.1, 0.15) is 5.75 Å². The number of carbonyl (C=O) groups excluding carboxylic acids is 2.